The Labute approximate surface area is 214 Å². The molecule has 5 aromatic carbocycles. The van der Waals surface area contributed by atoms with E-state index in [1.165, 1.54) is 5.56 Å². The van der Waals surface area contributed by atoms with Crippen molar-refractivity contribution in [2.24, 2.45) is 0 Å². The number of hydrogen-bond acceptors (Lipinski definition) is 2. The summed E-state index contributed by atoms with van der Waals surface area (Å²) in [7, 11) is 0. The molecule has 0 bridgehead atoms. The van der Waals surface area contributed by atoms with E-state index < -0.39 is 5.41 Å². The molecule has 36 heavy (non-hydrogen) atoms. The van der Waals surface area contributed by atoms with E-state index in [1.807, 2.05) is 24.3 Å². The van der Waals surface area contributed by atoms with Gasteiger partial charge in [0.05, 0.1) is 11.2 Å². The second kappa shape index (κ2) is 8.15. The van der Waals surface area contributed by atoms with Crippen LogP contribution < -0.4 is 0 Å². The first-order chi connectivity index (χ1) is 17.8. The molecule has 6 aromatic rings. The quantitative estimate of drug-likeness (QED) is 0.254. The molecule has 1 unspecified atom stereocenters. The second-order valence-corrected chi connectivity index (χ2v) is 9.57. The van der Waals surface area contributed by atoms with E-state index in [4.69, 9.17) is 21.6 Å². The molecule has 3 heteroatoms. The number of fused-ring (bicyclic) bond motifs is 4. The average molecular weight is 481 g/mol. The predicted molar refractivity (Wildman–Crippen MR) is 147 cm³/mol. The van der Waals surface area contributed by atoms with Crippen LogP contribution >= 0.6 is 11.6 Å². The summed E-state index contributed by atoms with van der Waals surface area (Å²) in [5, 5.41) is 1.76. The highest BCUT2D eigenvalue weighted by atomic mass is 35.5. The van der Waals surface area contributed by atoms with E-state index in [9.17, 15) is 0 Å². The maximum atomic E-state index is 6.53. The standard InChI is InChI=1S/C33H21ClN2/c34-24-19-20-29-27(21-24)25-15-7-9-17-28(25)33(29,23-13-5-2-6-14-23)32-35-30-18-10-8-16-26(30)31(36-32)22-11-3-1-4-12-22/h1-21H. The van der Waals surface area contributed by atoms with Gasteiger partial charge in [0, 0.05) is 16.0 Å². The fourth-order valence-electron chi connectivity index (χ4n) is 5.69. The van der Waals surface area contributed by atoms with Gasteiger partial charge in [0.1, 0.15) is 11.2 Å². The van der Waals surface area contributed by atoms with Crippen molar-refractivity contribution in [2.75, 3.05) is 0 Å². The predicted octanol–water partition coefficient (Wildman–Crippen LogP) is 8.31. The normalized spacial score (nSPS) is 16.0. The molecule has 0 aliphatic heterocycles. The van der Waals surface area contributed by atoms with Crippen LogP contribution in [0.2, 0.25) is 5.02 Å². The Morgan fingerprint density at radius 2 is 1.22 bits per heavy atom. The number of benzene rings is 5. The zero-order valence-electron chi connectivity index (χ0n) is 19.4. The van der Waals surface area contributed by atoms with Crippen LogP contribution in [0.5, 0.6) is 0 Å². The molecule has 0 spiro atoms. The van der Waals surface area contributed by atoms with Crippen LogP contribution in [0.15, 0.2) is 127 Å². The molecule has 0 amide bonds. The Morgan fingerprint density at radius 1 is 0.556 bits per heavy atom. The molecule has 170 valence electrons. The minimum absolute atomic E-state index is 0.675. The highest BCUT2D eigenvalue weighted by Crippen LogP contribution is 2.56. The van der Waals surface area contributed by atoms with Crippen LogP contribution in [0.1, 0.15) is 22.5 Å². The molecule has 1 heterocycles. The molecular formula is C33H21ClN2. The van der Waals surface area contributed by atoms with E-state index in [2.05, 4.69) is 103 Å². The molecule has 0 saturated carbocycles. The summed E-state index contributed by atoms with van der Waals surface area (Å²) >= 11 is 6.53. The van der Waals surface area contributed by atoms with Gasteiger partial charge in [0.15, 0.2) is 0 Å². The van der Waals surface area contributed by atoms with Gasteiger partial charge < -0.3 is 0 Å². The molecule has 1 atom stereocenters. The Hall–Kier alpha value is -4.27. The summed E-state index contributed by atoms with van der Waals surface area (Å²) in [5.74, 6) is 0.764. The van der Waals surface area contributed by atoms with Crippen LogP contribution in [-0.4, -0.2) is 9.97 Å². The van der Waals surface area contributed by atoms with Crippen molar-refractivity contribution >= 4 is 22.5 Å². The van der Waals surface area contributed by atoms with Crippen molar-refractivity contribution in [3.63, 3.8) is 0 Å². The van der Waals surface area contributed by atoms with E-state index in [1.54, 1.807) is 0 Å². The number of para-hydroxylation sites is 1. The summed E-state index contributed by atoms with van der Waals surface area (Å²) in [6.45, 7) is 0. The van der Waals surface area contributed by atoms with Gasteiger partial charge in [-0.3, -0.25) is 0 Å². The van der Waals surface area contributed by atoms with Gasteiger partial charge in [-0.15, -0.1) is 0 Å². The first-order valence-corrected chi connectivity index (χ1v) is 12.4. The van der Waals surface area contributed by atoms with E-state index in [0.29, 0.717) is 0 Å². The van der Waals surface area contributed by atoms with Crippen LogP contribution in [0.3, 0.4) is 0 Å². The largest absolute Gasteiger partial charge is 0.231 e. The lowest BCUT2D eigenvalue weighted by Gasteiger charge is -2.32. The average Bonchev–Trinajstić information content (AvgIpc) is 3.24. The topological polar surface area (TPSA) is 25.8 Å². The molecule has 1 aromatic heterocycles. The zero-order valence-corrected chi connectivity index (χ0v) is 20.2. The van der Waals surface area contributed by atoms with Crippen molar-refractivity contribution in [2.45, 2.75) is 5.41 Å². The summed E-state index contributed by atoms with van der Waals surface area (Å²) in [6, 6.07) is 44.0. The van der Waals surface area contributed by atoms with Crippen molar-refractivity contribution < 1.29 is 0 Å². The van der Waals surface area contributed by atoms with Crippen molar-refractivity contribution in [3.8, 4) is 22.4 Å². The number of nitrogens with zero attached hydrogens (tertiary/aromatic N) is 2. The summed E-state index contributed by atoms with van der Waals surface area (Å²) in [6.07, 6.45) is 0. The van der Waals surface area contributed by atoms with Crippen LogP contribution in [-0.2, 0) is 5.41 Å². The van der Waals surface area contributed by atoms with Gasteiger partial charge in [-0.2, -0.15) is 0 Å². The van der Waals surface area contributed by atoms with E-state index in [0.717, 1.165) is 55.3 Å². The number of rotatable bonds is 3. The molecule has 0 radical (unpaired) electrons. The van der Waals surface area contributed by atoms with Crippen molar-refractivity contribution in [1.29, 1.82) is 0 Å². The summed E-state index contributed by atoms with van der Waals surface area (Å²) < 4.78 is 0. The SMILES string of the molecule is Clc1ccc2c(c1)-c1ccccc1C2(c1ccccc1)c1nc(-c2ccccc2)c2ccccc2n1. The molecule has 2 nitrogen and oxygen atoms in total. The first kappa shape index (κ1) is 21.0. The number of hydrogen-bond donors (Lipinski definition) is 0. The van der Waals surface area contributed by atoms with E-state index in [-0.39, 0.29) is 0 Å². The first-order valence-electron chi connectivity index (χ1n) is 12.0. The lowest BCUT2D eigenvalue weighted by atomic mass is 9.71. The fourth-order valence-corrected chi connectivity index (χ4v) is 5.86. The maximum Gasteiger partial charge on any atom is 0.149 e. The maximum absolute atomic E-state index is 6.53. The monoisotopic (exact) mass is 480 g/mol. The Kier molecular flexibility index (Phi) is 4.77. The molecule has 0 N–H and O–H groups in total. The fraction of sp³-hybridized carbons (Fsp3) is 0.0303. The Morgan fingerprint density at radius 3 is 2.06 bits per heavy atom. The molecule has 0 fully saturated rings. The lowest BCUT2D eigenvalue weighted by Crippen LogP contribution is -2.31. The minimum atomic E-state index is -0.675. The highest BCUT2D eigenvalue weighted by Gasteiger charge is 2.48. The van der Waals surface area contributed by atoms with Crippen LogP contribution in [0.25, 0.3) is 33.3 Å². The smallest absolute Gasteiger partial charge is 0.149 e. The third-order valence-corrected chi connectivity index (χ3v) is 7.43. The molecule has 1 aliphatic carbocycles. The van der Waals surface area contributed by atoms with Gasteiger partial charge >= 0.3 is 0 Å². The lowest BCUT2D eigenvalue weighted by molar-refractivity contribution is 0.704. The minimum Gasteiger partial charge on any atom is -0.231 e. The summed E-state index contributed by atoms with van der Waals surface area (Å²) in [4.78, 5) is 10.6. The number of halogens is 1. The van der Waals surface area contributed by atoms with Crippen LogP contribution in [0, 0.1) is 0 Å². The molecule has 0 saturated heterocycles. The second-order valence-electron chi connectivity index (χ2n) is 9.13. The Bertz CT molecular complexity index is 1750. The van der Waals surface area contributed by atoms with Crippen molar-refractivity contribution in [3.05, 3.63) is 155 Å². The zero-order chi connectivity index (χ0) is 24.1. The van der Waals surface area contributed by atoms with Gasteiger partial charge in [-0.25, -0.2) is 9.97 Å². The van der Waals surface area contributed by atoms with E-state index >= 15 is 0 Å². The van der Waals surface area contributed by atoms with Gasteiger partial charge in [0.25, 0.3) is 0 Å². The van der Waals surface area contributed by atoms with Gasteiger partial charge in [-0.05, 0) is 46.0 Å². The molecule has 7 rings (SSSR count). The Balaban J connectivity index is 1.66. The van der Waals surface area contributed by atoms with Crippen LogP contribution in [0.4, 0.5) is 0 Å². The van der Waals surface area contributed by atoms with Gasteiger partial charge in [-0.1, -0.05) is 121 Å². The third-order valence-electron chi connectivity index (χ3n) is 7.20. The summed E-state index contributed by atoms with van der Waals surface area (Å²) in [5.41, 5.74) is 8.00. The molecule has 1 aliphatic rings. The van der Waals surface area contributed by atoms with Crippen molar-refractivity contribution in [1.82, 2.24) is 9.97 Å². The molecular weight excluding hydrogens is 460 g/mol. The highest BCUT2D eigenvalue weighted by molar-refractivity contribution is 6.31. The third kappa shape index (κ3) is 2.98. The number of aromatic nitrogens is 2. The van der Waals surface area contributed by atoms with Gasteiger partial charge in [0.2, 0.25) is 0 Å².